The van der Waals surface area contributed by atoms with Crippen molar-refractivity contribution >= 4 is 45.0 Å². The van der Waals surface area contributed by atoms with Gasteiger partial charge in [-0.3, -0.25) is 14.4 Å². The van der Waals surface area contributed by atoms with Crippen molar-refractivity contribution in [3.63, 3.8) is 0 Å². The van der Waals surface area contributed by atoms with E-state index in [9.17, 15) is 18.0 Å². The maximum atomic E-state index is 14.2. The second kappa shape index (κ2) is 12.1. The van der Waals surface area contributed by atoms with Gasteiger partial charge in [0.2, 0.25) is 15.9 Å². The highest BCUT2D eigenvalue weighted by atomic mass is 35.5. The lowest BCUT2D eigenvalue weighted by Crippen LogP contribution is -2.59. The molecule has 2 heterocycles. The molecule has 1 aromatic heterocycles. The highest BCUT2D eigenvalue weighted by Gasteiger charge is 2.49. The van der Waals surface area contributed by atoms with Crippen molar-refractivity contribution in [2.24, 2.45) is 0 Å². The van der Waals surface area contributed by atoms with Gasteiger partial charge in [-0.25, -0.2) is 18.6 Å². The predicted octanol–water partition coefficient (Wildman–Crippen LogP) is 4.07. The number of sulfonamides is 1. The quantitative estimate of drug-likeness (QED) is 0.358. The number of carbonyl (C=O) groups is 2. The lowest BCUT2D eigenvalue weighted by molar-refractivity contribution is -0.138. The fourth-order valence-electron chi connectivity index (χ4n) is 5.76. The number of rotatable bonds is 8. The SMILES string of the molecule is Cc1nc(CONC(=O)[C@@H]2c3ccccc3C(=O)N([C@H]3CCCC[C@@H]3NS(C)(=O)=O)[C@H]2c2ccc(Cl)cc2Cl)no1. The molecular weight excluding hydrogens is 593 g/mol. The summed E-state index contributed by atoms with van der Waals surface area (Å²) in [5.74, 6) is -1.22. The first-order valence-corrected chi connectivity index (χ1v) is 15.7. The Hall–Kier alpha value is -3.03. The smallest absolute Gasteiger partial charge is 0.255 e. The highest BCUT2D eigenvalue weighted by molar-refractivity contribution is 7.88. The standard InChI is InChI=1S/C27H29Cl2N5O6S/c1-15-30-23(31-40-15)14-39-32-26(35)24-17-7-3-4-8-18(17)27(36)34(25(24)19-12-11-16(28)13-20(19)29)22-10-6-5-9-21(22)33-41(2,37)38/h3-4,7-8,11-13,21-22,24-25,33H,5-6,9-10,14H2,1-2H3,(H,32,35)/t21-,22-,24+,25-/m0/s1. The van der Waals surface area contributed by atoms with Crippen LogP contribution in [0.25, 0.3) is 0 Å². The normalized spacial score (nSPS) is 22.8. The number of amides is 2. The molecule has 41 heavy (non-hydrogen) atoms. The zero-order valence-electron chi connectivity index (χ0n) is 22.3. The number of hydroxylamine groups is 1. The molecule has 2 amide bonds. The van der Waals surface area contributed by atoms with Crippen LogP contribution < -0.4 is 10.2 Å². The zero-order valence-corrected chi connectivity index (χ0v) is 24.7. The average molecular weight is 623 g/mol. The van der Waals surface area contributed by atoms with Crippen molar-refractivity contribution in [2.75, 3.05) is 6.26 Å². The summed E-state index contributed by atoms with van der Waals surface area (Å²) >= 11 is 12.9. The van der Waals surface area contributed by atoms with Gasteiger partial charge in [-0.2, -0.15) is 4.98 Å². The van der Waals surface area contributed by atoms with E-state index in [1.54, 1.807) is 54.3 Å². The van der Waals surface area contributed by atoms with E-state index in [1.165, 1.54) is 0 Å². The molecule has 1 aliphatic carbocycles. The maximum absolute atomic E-state index is 14.2. The molecule has 2 N–H and O–H groups in total. The first-order valence-electron chi connectivity index (χ1n) is 13.1. The van der Waals surface area contributed by atoms with Crippen molar-refractivity contribution < 1.29 is 27.4 Å². The van der Waals surface area contributed by atoms with E-state index in [4.69, 9.17) is 32.6 Å². The molecule has 3 aromatic rings. The molecule has 0 saturated heterocycles. The fourth-order valence-corrected chi connectivity index (χ4v) is 7.11. The van der Waals surface area contributed by atoms with E-state index in [2.05, 4.69) is 20.3 Å². The minimum absolute atomic E-state index is 0.143. The molecule has 0 unspecified atom stereocenters. The van der Waals surface area contributed by atoms with Gasteiger partial charge in [-0.15, -0.1) is 0 Å². The summed E-state index contributed by atoms with van der Waals surface area (Å²) in [6.45, 7) is 1.49. The summed E-state index contributed by atoms with van der Waals surface area (Å²) in [6.07, 6.45) is 3.74. The summed E-state index contributed by atoms with van der Waals surface area (Å²) in [6, 6.07) is 9.75. The van der Waals surface area contributed by atoms with Crippen LogP contribution in [0.3, 0.4) is 0 Å². The van der Waals surface area contributed by atoms with Gasteiger partial charge in [0.05, 0.1) is 18.2 Å². The number of carbonyl (C=O) groups excluding carboxylic acids is 2. The van der Waals surface area contributed by atoms with E-state index in [0.29, 0.717) is 40.4 Å². The molecular formula is C27H29Cl2N5O6S. The third-order valence-electron chi connectivity index (χ3n) is 7.34. The number of nitrogens with one attached hydrogen (secondary N) is 2. The van der Waals surface area contributed by atoms with Crippen LogP contribution in [-0.4, -0.2) is 53.6 Å². The predicted molar refractivity (Wildman–Crippen MR) is 151 cm³/mol. The molecule has 1 fully saturated rings. The van der Waals surface area contributed by atoms with Crippen LogP contribution in [0.4, 0.5) is 0 Å². The Bertz CT molecular complexity index is 1560. The summed E-state index contributed by atoms with van der Waals surface area (Å²) in [5.41, 5.74) is 3.82. The first kappa shape index (κ1) is 29.5. The Morgan fingerprint density at radius 2 is 1.90 bits per heavy atom. The molecule has 4 atom stereocenters. The Morgan fingerprint density at radius 1 is 1.15 bits per heavy atom. The van der Waals surface area contributed by atoms with Crippen molar-refractivity contribution in [1.29, 1.82) is 0 Å². The molecule has 218 valence electrons. The number of benzene rings is 2. The van der Waals surface area contributed by atoms with Gasteiger partial charge in [0, 0.05) is 34.6 Å². The Balaban J connectivity index is 1.60. The number of halogens is 2. The van der Waals surface area contributed by atoms with Gasteiger partial charge in [0.1, 0.15) is 6.61 Å². The van der Waals surface area contributed by atoms with Crippen LogP contribution in [0.15, 0.2) is 47.0 Å². The molecule has 5 rings (SSSR count). The van der Waals surface area contributed by atoms with Crippen molar-refractivity contribution in [1.82, 2.24) is 25.2 Å². The number of aryl methyl sites for hydroxylation is 1. The first-order chi connectivity index (χ1) is 19.5. The number of aromatic nitrogens is 2. The summed E-state index contributed by atoms with van der Waals surface area (Å²) in [4.78, 5) is 39.3. The van der Waals surface area contributed by atoms with Crippen LogP contribution in [0.1, 0.15) is 70.8 Å². The van der Waals surface area contributed by atoms with E-state index >= 15 is 0 Å². The molecule has 11 nitrogen and oxygen atoms in total. The van der Waals surface area contributed by atoms with Gasteiger partial charge < -0.3 is 9.42 Å². The van der Waals surface area contributed by atoms with Gasteiger partial charge in [-0.1, -0.05) is 65.5 Å². The molecule has 1 aliphatic heterocycles. The summed E-state index contributed by atoms with van der Waals surface area (Å²) in [7, 11) is -3.59. The maximum Gasteiger partial charge on any atom is 0.255 e. The van der Waals surface area contributed by atoms with Gasteiger partial charge >= 0.3 is 0 Å². The number of hydrogen-bond donors (Lipinski definition) is 2. The lowest BCUT2D eigenvalue weighted by Gasteiger charge is -2.49. The molecule has 2 aromatic carbocycles. The van der Waals surface area contributed by atoms with E-state index in [1.807, 2.05) is 0 Å². The molecule has 0 bridgehead atoms. The van der Waals surface area contributed by atoms with E-state index in [0.717, 1.165) is 19.1 Å². The minimum Gasteiger partial charge on any atom is -0.340 e. The number of nitrogens with zero attached hydrogens (tertiary/aromatic N) is 3. The fraction of sp³-hybridized carbons (Fsp3) is 0.407. The van der Waals surface area contributed by atoms with Crippen molar-refractivity contribution in [3.05, 3.63) is 80.9 Å². The summed E-state index contributed by atoms with van der Waals surface area (Å²) in [5, 5.41) is 4.42. The third-order valence-corrected chi connectivity index (χ3v) is 8.63. The van der Waals surface area contributed by atoms with Crippen LogP contribution >= 0.6 is 23.2 Å². The van der Waals surface area contributed by atoms with Crippen molar-refractivity contribution in [2.45, 2.75) is 63.3 Å². The van der Waals surface area contributed by atoms with Crippen LogP contribution in [0, 0.1) is 6.92 Å². The van der Waals surface area contributed by atoms with E-state index < -0.39 is 40.0 Å². The zero-order chi connectivity index (χ0) is 29.3. The highest BCUT2D eigenvalue weighted by Crippen LogP contribution is 2.47. The largest absolute Gasteiger partial charge is 0.340 e. The second-order valence-electron chi connectivity index (χ2n) is 10.2. The van der Waals surface area contributed by atoms with Crippen LogP contribution in [0.5, 0.6) is 0 Å². The Labute approximate surface area is 247 Å². The number of fused-ring (bicyclic) bond motifs is 1. The van der Waals surface area contributed by atoms with Gasteiger partial charge in [-0.05, 0) is 42.2 Å². The van der Waals surface area contributed by atoms with Crippen LogP contribution in [0.2, 0.25) is 10.0 Å². The third kappa shape index (κ3) is 6.41. The lowest BCUT2D eigenvalue weighted by atomic mass is 9.76. The molecule has 14 heteroatoms. The molecule has 0 spiro atoms. The Kier molecular flexibility index (Phi) is 8.67. The van der Waals surface area contributed by atoms with Gasteiger partial charge in [0.15, 0.2) is 5.82 Å². The molecule has 2 aliphatic rings. The molecule has 1 saturated carbocycles. The monoisotopic (exact) mass is 621 g/mol. The van der Waals surface area contributed by atoms with Gasteiger partial charge in [0.25, 0.3) is 11.8 Å². The van der Waals surface area contributed by atoms with Crippen LogP contribution in [-0.2, 0) is 26.3 Å². The topological polar surface area (TPSA) is 144 Å². The van der Waals surface area contributed by atoms with Crippen molar-refractivity contribution in [3.8, 4) is 0 Å². The summed E-state index contributed by atoms with van der Waals surface area (Å²) < 4.78 is 32.3. The molecule has 0 radical (unpaired) electrons. The number of hydrogen-bond acceptors (Lipinski definition) is 8. The average Bonchev–Trinajstić information content (AvgIpc) is 3.33. The minimum atomic E-state index is -3.59. The van der Waals surface area contributed by atoms with E-state index in [-0.39, 0.29) is 23.4 Å². The second-order valence-corrected chi connectivity index (χ2v) is 12.8. The Morgan fingerprint density at radius 3 is 2.61 bits per heavy atom.